The van der Waals surface area contributed by atoms with Crippen LogP contribution in [0.3, 0.4) is 0 Å². The van der Waals surface area contributed by atoms with Crippen molar-refractivity contribution in [3.8, 4) is 0 Å². The van der Waals surface area contributed by atoms with Crippen molar-refractivity contribution in [3.05, 3.63) is 0 Å². The summed E-state index contributed by atoms with van der Waals surface area (Å²) in [5, 5.41) is 0. The van der Waals surface area contributed by atoms with E-state index in [2.05, 4.69) is 4.90 Å². The van der Waals surface area contributed by atoms with Crippen LogP contribution in [0.1, 0.15) is 6.42 Å². The fourth-order valence-corrected chi connectivity index (χ4v) is 1.12. The van der Waals surface area contributed by atoms with Crippen LogP contribution in [0.25, 0.3) is 0 Å². The van der Waals surface area contributed by atoms with Gasteiger partial charge in [0.15, 0.2) is 0 Å². The molecule has 1 heterocycles. The number of likely N-dealkylation sites (N-methyl/N-ethyl adjacent to an activating group) is 1. The highest BCUT2D eigenvalue weighted by Gasteiger charge is 2.23. The summed E-state index contributed by atoms with van der Waals surface area (Å²) >= 11 is 0. The maximum absolute atomic E-state index is 12.6. The van der Waals surface area contributed by atoms with E-state index in [1.54, 1.807) is 0 Å². The average Bonchev–Trinajstić information content (AvgIpc) is 1.80. The Labute approximate surface area is 54.8 Å². The van der Waals surface area contributed by atoms with Crippen LogP contribution >= 0.6 is 0 Å². The molecule has 1 fully saturated rings. The molecule has 1 rings (SSSR count). The van der Waals surface area contributed by atoms with Gasteiger partial charge < -0.3 is 10.6 Å². The summed E-state index contributed by atoms with van der Waals surface area (Å²) in [4.78, 5) is 2.06. The molecule has 0 bridgehead atoms. The zero-order chi connectivity index (χ0) is 6.85. The molecule has 0 saturated carbocycles. The summed E-state index contributed by atoms with van der Waals surface area (Å²) in [6.07, 6.45) is -0.182. The Morgan fingerprint density at radius 3 is 2.78 bits per heavy atom. The van der Waals surface area contributed by atoms with Gasteiger partial charge >= 0.3 is 0 Å². The van der Waals surface area contributed by atoms with Gasteiger partial charge in [0.1, 0.15) is 6.17 Å². The maximum atomic E-state index is 12.6. The number of alkyl halides is 1. The molecule has 0 aliphatic carbocycles. The van der Waals surface area contributed by atoms with Gasteiger partial charge in [-0.1, -0.05) is 0 Å². The van der Waals surface area contributed by atoms with Gasteiger partial charge in [0.25, 0.3) is 0 Å². The van der Waals surface area contributed by atoms with Gasteiger partial charge in [-0.3, -0.25) is 0 Å². The largest absolute Gasteiger partial charge is 0.324 e. The van der Waals surface area contributed by atoms with E-state index in [9.17, 15) is 4.39 Å². The molecule has 0 radical (unpaired) electrons. The van der Waals surface area contributed by atoms with E-state index >= 15 is 0 Å². The predicted molar refractivity (Wildman–Crippen MR) is 35.0 cm³/mol. The van der Waals surface area contributed by atoms with Crippen molar-refractivity contribution in [2.75, 3.05) is 20.1 Å². The number of halogens is 1. The molecule has 0 aromatic heterocycles. The van der Waals surface area contributed by atoms with E-state index in [0.29, 0.717) is 13.0 Å². The highest BCUT2D eigenvalue weighted by molar-refractivity contribution is 4.80. The number of hydrogen-bond donors (Lipinski definition) is 1. The van der Waals surface area contributed by atoms with Gasteiger partial charge in [0, 0.05) is 19.1 Å². The maximum Gasteiger partial charge on any atom is 0.118 e. The fourth-order valence-electron chi connectivity index (χ4n) is 1.12. The lowest BCUT2D eigenvalue weighted by molar-refractivity contribution is 0.148. The lowest BCUT2D eigenvalue weighted by Crippen LogP contribution is -2.47. The molecule has 1 aliphatic heterocycles. The third-order valence-electron chi connectivity index (χ3n) is 1.77. The Morgan fingerprint density at radius 2 is 2.33 bits per heavy atom. The van der Waals surface area contributed by atoms with E-state index in [0.717, 1.165) is 6.54 Å². The first-order valence-corrected chi connectivity index (χ1v) is 3.28. The van der Waals surface area contributed by atoms with Crippen LogP contribution in [0, 0.1) is 0 Å². The number of nitrogens with zero attached hydrogens (tertiary/aromatic N) is 1. The topological polar surface area (TPSA) is 29.3 Å². The van der Waals surface area contributed by atoms with E-state index < -0.39 is 6.17 Å². The average molecular weight is 132 g/mol. The Bertz CT molecular complexity index is 97.1. The first-order valence-electron chi connectivity index (χ1n) is 3.28. The van der Waals surface area contributed by atoms with Crippen LogP contribution < -0.4 is 5.73 Å². The van der Waals surface area contributed by atoms with Crippen molar-refractivity contribution >= 4 is 0 Å². The Kier molecular flexibility index (Phi) is 2.03. The third kappa shape index (κ3) is 1.63. The summed E-state index contributed by atoms with van der Waals surface area (Å²) in [5.74, 6) is 0. The highest BCUT2D eigenvalue weighted by atomic mass is 19.1. The molecule has 1 aliphatic rings. The molecule has 0 amide bonds. The van der Waals surface area contributed by atoms with Crippen molar-refractivity contribution in [2.45, 2.75) is 18.6 Å². The van der Waals surface area contributed by atoms with Crippen LogP contribution in [0.2, 0.25) is 0 Å². The summed E-state index contributed by atoms with van der Waals surface area (Å²) < 4.78 is 12.6. The highest BCUT2D eigenvalue weighted by Crippen LogP contribution is 2.10. The Balaban J connectivity index is 2.35. The van der Waals surface area contributed by atoms with Crippen molar-refractivity contribution in [1.29, 1.82) is 0 Å². The molecular weight excluding hydrogens is 119 g/mol. The lowest BCUT2D eigenvalue weighted by atomic mass is 10.1. The smallest absolute Gasteiger partial charge is 0.118 e. The fraction of sp³-hybridized carbons (Fsp3) is 1.00. The van der Waals surface area contributed by atoms with Gasteiger partial charge in [0.2, 0.25) is 0 Å². The van der Waals surface area contributed by atoms with Crippen LogP contribution in [0.4, 0.5) is 4.39 Å². The molecule has 0 unspecified atom stereocenters. The number of nitrogens with two attached hydrogens (primary N) is 1. The summed E-state index contributed by atoms with van der Waals surface area (Å²) in [6.45, 7) is 1.54. The molecule has 2 N–H and O–H groups in total. The molecule has 9 heavy (non-hydrogen) atoms. The normalized spacial score (nSPS) is 39.0. The third-order valence-corrected chi connectivity index (χ3v) is 1.77. The van der Waals surface area contributed by atoms with Crippen LogP contribution in [0.15, 0.2) is 0 Å². The van der Waals surface area contributed by atoms with Gasteiger partial charge in [-0.05, 0) is 13.5 Å². The predicted octanol–water partition coefficient (Wildman–Crippen LogP) is -0.0127. The van der Waals surface area contributed by atoms with Crippen molar-refractivity contribution in [3.63, 3.8) is 0 Å². The number of rotatable bonds is 0. The summed E-state index contributed by atoms with van der Waals surface area (Å²) in [7, 11) is 1.96. The lowest BCUT2D eigenvalue weighted by Gasteiger charge is -2.29. The van der Waals surface area contributed by atoms with Gasteiger partial charge in [-0.25, -0.2) is 4.39 Å². The van der Waals surface area contributed by atoms with Crippen molar-refractivity contribution in [2.24, 2.45) is 5.73 Å². The minimum Gasteiger partial charge on any atom is -0.324 e. The van der Waals surface area contributed by atoms with Crippen molar-refractivity contribution < 1.29 is 4.39 Å². The monoisotopic (exact) mass is 132 g/mol. The van der Waals surface area contributed by atoms with E-state index in [4.69, 9.17) is 5.73 Å². The first-order chi connectivity index (χ1) is 4.20. The zero-order valence-electron chi connectivity index (χ0n) is 5.68. The summed E-state index contributed by atoms with van der Waals surface area (Å²) in [6, 6.07) is -0.260. The Hall–Kier alpha value is -0.150. The van der Waals surface area contributed by atoms with Crippen LogP contribution in [0.5, 0.6) is 0 Å². The number of hydrogen-bond acceptors (Lipinski definition) is 2. The van der Waals surface area contributed by atoms with Gasteiger partial charge in [0.05, 0.1) is 0 Å². The molecule has 0 aromatic rings. The first kappa shape index (κ1) is 6.96. The van der Waals surface area contributed by atoms with Gasteiger partial charge in [-0.2, -0.15) is 0 Å². The second-order valence-electron chi connectivity index (χ2n) is 2.73. The standard InChI is InChI=1S/C6H13FN2/c1-9-3-2-5(7)6(8)4-9/h5-6H,2-4,8H2,1H3/t5-,6-/m0/s1. The van der Waals surface area contributed by atoms with Crippen LogP contribution in [-0.4, -0.2) is 37.3 Å². The molecule has 1 saturated heterocycles. The molecular formula is C6H13FN2. The molecule has 0 spiro atoms. The number of piperidine rings is 1. The molecule has 2 nitrogen and oxygen atoms in total. The molecule has 2 atom stereocenters. The summed E-state index contributed by atoms with van der Waals surface area (Å²) in [5.41, 5.74) is 5.45. The van der Waals surface area contributed by atoms with E-state index in [1.807, 2.05) is 7.05 Å². The minimum absolute atomic E-state index is 0.260. The molecule has 3 heteroatoms. The Morgan fingerprint density at radius 1 is 1.67 bits per heavy atom. The van der Waals surface area contributed by atoms with E-state index in [1.165, 1.54) is 0 Å². The van der Waals surface area contributed by atoms with Gasteiger partial charge in [-0.15, -0.1) is 0 Å². The second-order valence-corrected chi connectivity index (χ2v) is 2.73. The van der Waals surface area contributed by atoms with E-state index in [-0.39, 0.29) is 6.04 Å². The minimum atomic E-state index is -0.777. The quantitative estimate of drug-likeness (QED) is 0.502. The molecule has 0 aromatic carbocycles. The van der Waals surface area contributed by atoms with Crippen molar-refractivity contribution in [1.82, 2.24) is 4.90 Å². The zero-order valence-corrected chi connectivity index (χ0v) is 5.68. The molecule has 54 valence electrons. The number of likely N-dealkylation sites (tertiary alicyclic amines) is 1. The second kappa shape index (κ2) is 2.62. The van der Waals surface area contributed by atoms with Crippen LogP contribution in [-0.2, 0) is 0 Å². The SMILES string of the molecule is CN1CC[C@H](F)[C@@H](N)C1.